The zero-order chi connectivity index (χ0) is 27.4. The van der Waals surface area contributed by atoms with Crippen molar-refractivity contribution in [1.82, 2.24) is 15.0 Å². The number of aromatic nitrogens is 3. The number of methoxy groups -OCH3 is 2. The summed E-state index contributed by atoms with van der Waals surface area (Å²) in [4.78, 5) is 25.3. The number of nitrogens with one attached hydrogen (secondary N) is 1. The predicted molar refractivity (Wildman–Crippen MR) is 136 cm³/mol. The fraction of sp³-hybridized carbons (Fsp3) is 0.259. The van der Waals surface area contributed by atoms with Crippen molar-refractivity contribution in [2.75, 3.05) is 32.8 Å². The van der Waals surface area contributed by atoms with E-state index in [-0.39, 0.29) is 41.1 Å². The Morgan fingerprint density at radius 1 is 1.03 bits per heavy atom. The summed E-state index contributed by atoms with van der Waals surface area (Å²) < 4.78 is 57.3. The number of pyridine rings is 3. The lowest BCUT2D eigenvalue weighted by atomic mass is 10.2. The van der Waals surface area contributed by atoms with Crippen molar-refractivity contribution in [3.63, 3.8) is 0 Å². The van der Waals surface area contributed by atoms with Gasteiger partial charge in [0.15, 0.2) is 28.9 Å². The number of halogens is 2. The van der Waals surface area contributed by atoms with Gasteiger partial charge < -0.3 is 29.0 Å². The minimum Gasteiger partial charge on any atom is -0.489 e. The number of carbonyl (C=O) groups is 1. The smallest absolute Gasteiger partial charge is 0.261 e. The molecule has 0 atom stereocenters. The fourth-order valence-electron chi connectivity index (χ4n) is 3.64. The highest BCUT2D eigenvalue weighted by molar-refractivity contribution is 6.06. The van der Waals surface area contributed by atoms with Gasteiger partial charge in [-0.1, -0.05) is 0 Å². The summed E-state index contributed by atoms with van der Waals surface area (Å²) in [5, 5.41) is 2.48. The second-order valence-corrected chi connectivity index (χ2v) is 8.53. The van der Waals surface area contributed by atoms with Crippen molar-refractivity contribution in [2.24, 2.45) is 0 Å². The van der Waals surface area contributed by atoms with Crippen LogP contribution in [0.2, 0.25) is 0 Å². The molecule has 5 rings (SSSR count). The van der Waals surface area contributed by atoms with Crippen molar-refractivity contribution in [3.05, 3.63) is 66.1 Å². The molecule has 1 aromatic carbocycles. The van der Waals surface area contributed by atoms with Crippen LogP contribution in [0.4, 0.5) is 14.5 Å². The molecular weight excluding hydrogens is 514 g/mol. The largest absolute Gasteiger partial charge is 0.489 e. The van der Waals surface area contributed by atoms with E-state index in [1.165, 1.54) is 31.8 Å². The Kier molecular flexibility index (Phi) is 7.64. The van der Waals surface area contributed by atoms with E-state index in [4.69, 9.17) is 23.7 Å². The first kappa shape index (κ1) is 26.0. The number of amides is 1. The lowest BCUT2D eigenvalue weighted by molar-refractivity contribution is 0.102. The van der Waals surface area contributed by atoms with Crippen molar-refractivity contribution in [3.8, 4) is 28.9 Å². The number of benzene rings is 1. The molecule has 1 aliphatic carbocycles. The highest BCUT2D eigenvalue weighted by Gasteiger charge is 2.26. The first-order valence-corrected chi connectivity index (χ1v) is 12.0. The minimum absolute atomic E-state index is 0.0357. The van der Waals surface area contributed by atoms with Gasteiger partial charge in [0.25, 0.3) is 11.8 Å². The molecule has 0 bridgehead atoms. The molecule has 0 unspecified atom stereocenters. The molecule has 0 spiro atoms. The second-order valence-electron chi connectivity index (χ2n) is 8.53. The molecule has 10 nitrogen and oxygen atoms in total. The Hall–Kier alpha value is -4.58. The van der Waals surface area contributed by atoms with Crippen molar-refractivity contribution >= 4 is 22.6 Å². The number of anilines is 1. The van der Waals surface area contributed by atoms with Crippen LogP contribution in [-0.2, 0) is 4.74 Å². The number of ether oxygens (including phenoxy) is 5. The maximum Gasteiger partial charge on any atom is 0.261 e. The maximum atomic E-state index is 15.0. The number of fused-ring (bicyclic) bond motifs is 1. The molecule has 0 saturated heterocycles. The molecule has 39 heavy (non-hydrogen) atoms. The number of rotatable bonds is 11. The van der Waals surface area contributed by atoms with Gasteiger partial charge in [0.2, 0.25) is 0 Å². The zero-order valence-electron chi connectivity index (χ0n) is 21.1. The summed E-state index contributed by atoms with van der Waals surface area (Å²) in [6.07, 6.45) is 6.10. The van der Waals surface area contributed by atoms with E-state index in [1.54, 1.807) is 19.2 Å². The molecule has 202 valence electrons. The summed E-state index contributed by atoms with van der Waals surface area (Å²) in [5.74, 6) is -2.53. The average molecular weight is 539 g/mol. The van der Waals surface area contributed by atoms with Crippen LogP contribution < -0.4 is 24.3 Å². The van der Waals surface area contributed by atoms with Gasteiger partial charge in [0.05, 0.1) is 30.9 Å². The van der Waals surface area contributed by atoms with Crippen LogP contribution >= 0.6 is 0 Å². The van der Waals surface area contributed by atoms with Gasteiger partial charge in [-0.2, -0.15) is 0 Å². The van der Waals surface area contributed by atoms with Crippen LogP contribution in [0.25, 0.3) is 11.0 Å². The fourth-order valence-corrected chi connectivity index (χ4v) is 3.64. The van der Waals surface area contributed by atoms with E-state index < -0.39 is 23.3 Å². The molecule has 1 N–H and O–H groups in total. The molecule has 1 fully saturated rings. The SMILES string of the molecule is COCCOc1cc2nccc(Oc3c(F)cc(NC(=O)c4cnccc4OC4CC4)cc3F)c2nc1OC. The van der Waals surface area contributed by atoms with Gasteiger partial charge in [0.1, 0.15) is 17.9 Å². The third-order valence-corrected chi connectivity index (χ3v) is 5.66. The number of nitrogens with zero attached hydrogens (tertiary/aromatic N) is 3. The van der Waals surface area contributed by atoms with Crippen LogP contribution in [0.1, 0.15) is 23.2 Å². The number of carbonyl (C=O) groups excluding carboxylic acids is 1. The highest BCUT2D eigenvalue weighted by atomic mass is 19.1. The first-order valence-electron chi connectivity index (χ1n) is 12.0. The number of hydrogen-bond acceptors (Lipinski definition) is 9. The van der Waals surface area contributed by atoms with Crippen molar-refractivity contribution in [1.29, 1.82) is 0 Å². The molecular formula is C27H24F2N4O6. The van der Waals surface area contributed by atoms with Crippen LogP contribution in [-0.4, -0.2) is 54.4 Å². The van der Waals surface area contributed by atoms with Gasteiger partial charge in [0, 0.05) is 55.7 Å². The van der Waals surface area contributed by atoms with E-state index in [9.17, 15) is 4.79 Å². The third-order valence-electron chi connectivity index (χ3n) is 5.66. The predicted octanol–water partition coefficient (Wildman–Crippen LogP) is 4.92. The Labute approximate surface area is 221 Å². The van der Waals surface area contributed by atoms with E-state index in [0.29, 0.717) is 23.6 Å². The molecule has 3 heterocycles. The maximum absolute atomic E-state index is 15.0. The Balaban J connectivity index is 1.38. The van der Waals surface area contributed by atoms with Gasteiger partial charge in [-0.15, -0.1) is 0 Å². The van der Waals surface area contributed by atoms with Crippen LogP contribution in [0.15, 0.2) is 48.9 Å². The lowest BCUT2D eigenvalue weighted by Crippen LogP contribution is -2.15. The van der Waals surface area contributed by atoms with Gasteiger partial charge in [-0.25, -0.2) is 13.8 Å². The summed E-state index contributed by atoms with van der Waals surface area (Å²) in [6.45, 7) is 0.607. The number of hydrogen-bond donors (Lipinski definition) is 1. The highest BCUT2D eigenvalue weighted by Crippen LogP contribution is 2.36. The van der Waals surface area contributed by atoms with E-state index in [0.717, 1.165) is 25.0 Å². The van der Waals surface area contributed by atoms with E-state index >= 15 is 8.78 Å². The standard InChI is InChI=1S/C27H24F2N4O6/c1-35-9-10-37-23-13-20-24(33-27(23)36-2)22(6-8-31-20)39-25-18(28)11-15(12-19(25)29)32-26(34)17-14-30-7-5-21(17)38-16-3-4-16/h5-8,11-14,16H,3-4,9-10H2,1-2H3,(H,32,34). The Morgan fingerprint density at radius 3 is 2.51 bits per heavy atom. The summed E-state index contributed by atoms with van der Waals surface area (Å²) in [6, 6.07) is 6.47. The third kappa shape index (κ3) is 5.96. The average Bonchev–Trinajstić information content (AvgIpc) is 3.75. The van der Waals surface area contributed by atoms with Gasteiger partial charge in [-0.05, 0) is 18.9 Å². The molecule has 1 aliphatic rings. The molecule has 0 radical (unpaired) electrons. The van der Waals surface area contributed by atoms with Crippen LogP contribution in [0.3, 0.4) is 0 Å². The second kappa shape index (κ2) is 11.4. The molecule has 12 heteroatoms. The topological polar surface area (TPSA) is 114 Å². The van der Waals surface area contributed by atoms with Crippen LogP contribution in [0.5, 0.6) is 28.9 Å². The Morgan fingerprint density at radius 2 is 1.79 bits per heavy atom. The minimum atomic E-state index is -1.04. The van der Waals surface area contributed by atoms with Crippen molar-refractivity contribution in [2.45, 2.75) is 18.9 Å². The van der Waals surface area contributed by atoms with Crippen molar-refractivity contribution < 1.29 is 37.3 Å². The molecule has 1 amide bonds. The zero-order valence-corrected chi connectivity index (χ0v) is 21.1. The monoisotopic (exact) mass is 538 g/mol. The molecule has 4 aromatic rings. The molecule has 3 aromatic heterocycles. The molecule has 1 saturated carbocycles. The van der Waals surface area contributed by atoms with Crippen LogP contribution in [0, 0.1) is 11.6 Å². The summed E-state index contributed by atoms with van der Waals surface area (Å²) in [5.41, 5.74) is 0.593. The van der Waals surface area contributed by atoms with E-state index in [2.05, 4.69) is 20.3 Å². The van der Waals surface area contributed by atoms with E-state index in [1.807, 2.05) is 0 Å². The summed E-state index contributed by atoms with van der Waals surface area (Å²) in [7, 11) is 2.96. The Bertz CT molecular complexity index is 1490. The summed E-state index contributed by atoms with van der Waals surface area (Å²) >= 11 is 0. The molecule has 0 aliphatic heterocycles. The first-order chi connectivity index (χ1) is 19.0. The van der Waals surface area contributed by atoms with Gasteiger partial charge in [-0.3, -0.25) is 14.8 Å². The van der Waals surface area contributed by atoms with Gasteiger partial charge >= 0.3 is 0 Å². The quantitative estimate of drug-likeness (QED) is 0.266. The normalized spacial score (nSPS) is 12.7. The lowest BCUT2D eigenvalue weighted by Gasteiger charge is -2.14.